The molecule has 17 heavy (non-hydrogen) atoms. The highest BCUT2D eigenvalue weighted by atomic mass is 16.5. The van der Waals surface area contributed by atoms with E-state index in [1.165, 1.54) is 0 Å². The van der Waals surface area contributed by atoms with Crippen LogP contribution in [0.2, 0.25) is 0 Å². The van der Waals surface area contributed by atoms with Crippen molar-refractivity contribution < 1.29 is 14.3 Å². The molecule has 0 atom stereocenters. The third-order valence-electron chi connectivity index (χ3n) is 2.07. The molecular formula is C13H15NO3. The second-order valence-electron chi connectivity index (χ2n) is 3.42. The molecule has 0 aliphatic rings. The molecule has 1 amide bonds. The van der Waals surface area contributed by atoms with Crippen molar-refractivity contribution in [1.82, 2.24) is 5.32 Å². The number of rotatable bonds is 5. The number of amides is 1. The van der Waals surface area contributed by atoms with Crippen LogP contribution in [0.3, 0.4) is 0 Å². The number of carbonyl (C=O) groups is 1. The Labute approximate surface area is 101 Å². The molecule has 0 spiro atoms. The molecule has 0 unspecified atom stereocenters. The zero-order chi connectivity index (χ0) is 12.7. The molecule has 0 aliphatic heterocycles. The minimum atomic E-state index is -0.259. The van der Waals surface area contributed by atoms with Gasteiger partial charge in [0.25, 0.3) is 5.91 Å². The van der Waals surface area contributed by atoms with Crippen molar-refractivity contribution in [2.45, 2.75) is 6.92 Å². The van der Waals surface area contributed by atoms with Gasteiger partial charge in [-0.15, -0.1) is 6.42 Å². The van der Waals surface area contributed by atoms with Crippen molar-refractivity contribution in [1.29, 1.82) is 0 Å². The smallest absolute Gasteiger partial charge is 0.258 e. The highest BCUT2D eigenvalue weighted by Gasteiger charge is 2.06. The Kier molecular flexibility index (Phi) is 4.89. The molecule has 0 aromatic heterocycles. The summed E-state index contributed by atoms with van der Waals surface area (Å²) in [4.78, 5) is 11.3. The lowest BCUT2D eigenvalue weighted by Gasteiger charge is -2.10. The summed E-state index contributed by atoms with van der Waals surface area (Å²) >= 11 is 0. The first kappa shape index (κ1) is 12.9. The van der Waals surface area contributed by atoms with Crippen molar-refractivity contribution in [2.24, 2.45) is 0 Å². The quantitative estimate of drug-likeness (QED) is 0.776. The summed E-state index contributed by atoms with van der Waals surface area (Å²) in [6.45, 7) is 2.07. The van der Waals surface area contributed by atoms with Crippen molar-refractivity contribution in [3.8, 4) is 23.8 Å². The van der Waals surface area contributed by atoms with Gasteiger partial charge in [-0.05, 0) is 24.6 Å². The Hall–Kier alpha value is -2.15. The maximum atomic E-state index is 11.3. The topological polar surface area (TPSA) is 47.6 Å². The van der Waals surface area contributed by atoms with Crippen LogP contribution in [0.25, 0.3) is 0 Å². The van der Waals surface area contributed by atoms with Gasteiger partial charge in [-0.1, -0.05) is 12.0 Å². The molecule has 4 nitrogen and oxygen atoms in total. The molecule has 1 aromatic carbocycles. The van der Waals surface area contributed by atoms with E-state index in [0.717, 1.165) is 5.56 Å². The van der Waals surface area contributed by atoms with Gasteiger partial charge in [-0.25, -0.2) is 0 Å². The molecule has 90 valence electrons. The van der Waals surface area contributed by atoms with Crippen LogP contribution in [0.4, 0.5) is 0 Å². The van der Waals surface area contributed by atoms with Crippen LogP contribution in [-0.2, 0) is 4.79 Å². The molecule has 0 saturated carbocycles. The predicted octanol–water partition coefficient (Wildman–Crippen LogP) is 1.13. The van der Waals surface area contributed by atoms with E-state index in [-0.39, 0.29) is 19.1 Å². The molecule has 1 N–H and O–H groups in total. The lowest BCUT2D eigenvalue weighted by atomic mass is 10.2. The Balaban J connectivity index is 2.57. The van der Waals surface area contributed by atoms with E-state index in [9.17, 15) is 4.79 Å². The third-order valence-corrected chi connectivity index (χ3v) is 2.07. The van der Waals surface area contributed by atoms with Crippen LogP contribution in [0.15, 0.2) is 18.2 Å². The van der Waals surface area contributed by atoms with Crippen molar-refractivity contribution in [3.05, 3.63) is 23.8 Å². The summed E-state index contributed by atoms with van der Waals surface area (Å²) in [5, 5.41) is 2.51. The van der Waals surface area contributed by atoms with Gasteiger partial charge in [0.2, 0.25) is 0 Å². The normalized spacial score (nSPS) is 9.24. The fourth-order valence-electron chi connectivity index (χ4n) is 1.24. The van der Waals surface area contributed by atoms with Gasteiger partial charge in [-0.2, -0.15) is 0 Å². The highest BCUT2D eigenvalue weighted by Crippen LogP contribution is 2.27. The van der Waals surface area contributed by atoms with E-state index in [1.54, 1.807) is 13.2 Å². The monoisotopic (exact) mass is 233 g/mol. The zero-order valence-corrected chi connectivity index (χ0v) is 9.95. The van der Waals surface area contributed by atoms with Crippen molar-refractivity contribution >= 4 is 5.91 Å². The van der Waals surface area contributed by atoms with Crippen LogP contribution in [-0.4, -0.2) is 26.2 Å². The maximum Gasteiger partial charge on any atom is 0.258 e. The number of methoxy groups -OCH3 is 1. The van der Waals surface area contributed by atoms with Gasteiger partial charge in [0.1, 0.15) is 0 Å². The third kappa shape index (κ3) is 4.07. The van der Waals surface area contributed by atoms with Gasteiger partial charge >= 0.3 is 0 Å². The first-order chi connectivity index (χ1) is 8.17. The number of hydrogen-bond donors (Lipinski definition) is 1. The van der Waals surface area contributed by atoms with Gasteiger partial charge in [0, 0.05) is 0 Å². The van der Waals surface area contributed by atoms with Gasteiger partial charge in [0.05, 0.1) is 13.7 Å². The number of aryl methyl sites for hydroxylation is 1. The first-order valence-electron chi connectivity index (χ1n) is 5.15. The molecule has 1 rings (SSSR count). The number of terminal acetylenes is 1. The average Bonchev–Trinajstić information content (AvgIpc) is 2.34. The van der Waals surface area contributed by atoms with Gasteiger partial charge in [0.15, 0.2) is 18.1 Å². The Morgan fingerprint density at radius 1 is 1.47 bits per heavy atom. The summed E-state index contributed by atoms with van der Waals surface area (Å²) in [5.74, 6) is 3.20. The minimum Gasteiger partial charge on any atom is -0.493 e. The molecule has 0 aliphatic carbocycles. The minimum absolute atomic E-state index is 0.0822. The number of ether oxygens (including phenoxy) is 2. The van der Waals surface area contributed by atoms with E-state index < -0.39 is 0 Å². The second-order valence-corrected chi connectivity index (χ2v) is 3.42. The average molecular weight is 233 g/mol. The summed E-state index contributed by atoms with van der Waals surface area (Å²) in [7, 11) is 1.56. The number of benzene rings is 1. The zero-order valence-electron chi connectivity index (χ0n) is 9.95. The van der Waals surface area contributed by atoms with E-state index >= 15 is 0 Å². The maximum absolute atomic E-state index is 11.3. The van der Waals surface area contributed by atoms with Crippen LogP contribution in [0.5, 0.6) is 11.5 Å². The summed E-state index contributed by atoms with van der Waals surface area (Å²) in [5.41, 5.74) is 1.06. The Morgan fingerprint density at radius 2 is 2.24 bits per heavy atom. The summed E-state index contributed by atoms with van der Waals surface area (Å²) in [6.07, 6.45) is 5.02. The number of carbonyl (C=O) groups excluding carboxylic acids is 1. The van der Waals surface area contributed by atoms with E-state index in [4.69, 9.17) is 15.9 Å². The Morgan fingerprint density at radius 3 is 2.88 bits per heavy atom. The molecule has 0 radical (unpaired) electrons. The molecular weight excluding hydrogens is 218 g/mol. The summed E-state index contributed by atoms with van der Waals surface area (Å²) in [6, 6.07) is 5.49. The van der Waals surface area contributed by atoms with Gasteiger partial charge < -0.3 is 14.8 Å². The molecule has 4 heteroatoms. The van der Waals surface area contributed by atoms with Crippen molar-refractivity contribution in [2.75, 3.05) is 20.3 Å². The van der Waals surface area contributed by atoms with E-state index in [2.05, 4.69) is 11.2 Å². The fourth-order valence-corrected chi connectivity index (χ4v) is 1.24. The molecule has 0 heterocycles. The molecule has 0 fully saturated rings. The first-order valence-corrected chi connectivity index (χ1v) is 5.15. The number of hydrogen-bond acceptors (Lipinski definition) is 3. The molecule has 0 bridgehead atoms. The van der Waals surface area contributed by atoms with Crippen LogP contribution in [0.1, 0.15) is 5.56 Å². The fraction of sp³-hybridized carbons (Fsp3) is 0.308. The molecule has 0 saturated heterocycles. The number of nitrogens with one attached hydrogen (secondary N) is 1. The van der Waals surface area contributed by atoms with E-state index in [1.807, 2.05) is 19.1 Å². The standard InChI is InChI=1S/C13H15NO3/c1-4-7-14-13(15)9-17-11-6-5-10(2)8-12(11)16-3/h1,5-6,8H,7,9H2,2-3H3,(H,14,15). The predicted molar refractivity (Wildman–Crippen MR) is 65.1 cm³/mol. The van der Waals surface area contributed by atoms with Crippen molar-refractivity contribution in [3.63, 3.8) is 0 Å². The Bertz CT molecular complexity index is 435. The lowest BCUT2D eigenvalue weighted by Crippen LogP contribution is -2.29. The second kappa shape index (κ2) is 6.44. The molecule has 1 aromatic rings. The van der Waals surface area contributed by atoms with Crippen LogP contribution < -0.4 is 14.8 Å². The summed E-state index contributed by atoms with van der Waals surface area (Å²) < 4.78 is 10.5. The largest absolute Gasteiger partial charge is 0.493 e. The van der Waals surface area contributed by atoms with Crippen LogP contribution in [0, 0.1) is 19.3 Å². The lowest BCUT2D eigenvalue weighted by molar-refractivity contribution is -0.122. The SMILES string of the molecule is C#CCNC(=O)COc1ccc(C)cc1OC. The highest BCUT2D eigenvalue weighted by molar-refractivity contribution is 5.77. The van der Waals surface area contributed by atoms with Crippen LogP contribution >= 0.6 is 0 Å². The van der Waals surface area contributed by atoms with Gasteiger partial charge in [-0.3, -0.25) is 4.79 Å². The van der Waals surface area contributed by atoms with E-state index in [0.29, 0.717) is 11.5 Å².